The zero-order valence-corrected chi connectivity index (χ0v) is 12.8. The Morgan fingerprint density at radius 1 is 1.32 bits per heavy atom. The zero-order valence-electron chi connectivity index (χ0n) is 12.1. The van der Waals surface area contributed by atoms with E-state index in [1.165, 1.54) is 32.9 Å². The molecule has 7 heteroatoms. The third-order valence-corrected chi connectivity index (χ3v) is 4.07. The number of terminal acetylenes is 1. The van der Waals surface area contributed by atoms with Gasteiger partial charge in [-0.25, -0.2) is 4.79 Å². The van der Waals surface area contributed by atoms with Crippen molar-refractivity contribution in [3.8, 4) is 18.1 Å². The Balaban J connectivity index is 2.96. The highest BCUT2D eigenvalue weighted by Gasteiger charge is 2.67. The number of rotatable bonds is 0. The van der Waals surface area contributed by atoms with Crippen molar-refractivity contribution in [1.29, 1.82) is 0 Å². The molecular weight excluding hydrogens is 319 g/mol. The molecule has 1 N–H and O–H groups in total. The number of carbonyl (C=O) groups excluding carboxylic acids is 1. The van der Waals surface area contributed by atoms with Gasteiger partial charge in [0, 0.05) is 5.56 Å². The van der Waals surface area contributed by atoms with Gasteiger partial charge < -0.3 is 10.1 Å². The standard InChI is InChI=1S/C15H13ClF3NO2/c1-5-8-6-7-9-10(11(8)16)14(13(2,3)4,15(17,18)19)20-12(21)22-9/h1,6-7H,2-4H3,(H,20,21)/t14-/m1/s1. The molecule has 1 heterocycles. The van der Waals surface area contributed by atoms with Crippen molar-refractivity contribution in [2.24, 2.45) is 5.41 Å². The SMILES string of the molecule is C#Cc1ccc2c(c1Cl)[C@@](C(C)(C)C)(C(F)(F)F)NC(=O)O2. The lowest BCUT2D eigenvalue weighted by Gasteiger charge is -2.48. The molecular formula is C15H13ClF3NO2. The van der Waals surface area contributed by atoms with Crippen LogP contribution in [-0.2, 0) is 5.54 Å². The van der Waals surface area contributed by atoms with Crippen LogP contribution in [0.2, 0.25) is 5.02 Å². The predicted octanol–water partition coefficient (Wildman–Crippen LogP) is 4.23. The maximum absolute atomic E-state index is 14.0. The number of benzene rings is 1. The van der Waals surface area contributed by atoms with Gasteiger partial charge in [0.25, 0.3) is 0 Å². The first kappa shape index (κ1) is 16.5. The average Bonchev–Trinajstić information content (AvgIpc) is 2.35. The maximum Gasteiger partial charge on any atom is 0.416 e. The molecule has 0 aromatic heterocycles. The quantitative estimate of drug-likeness (QED) is 0.723. The summed E-state index contributed by atoms with van der Waals surface area (Å²) in [5, 5.41) is 1.66. The number of carbonyl (C=O) groups is 1. The first-order valence-corrected chi connectivity index (χ1v) is 6.70. The highest BCUT2D eigenvalue weighted by Crippen LogP contribution is 2.56. The minimum Gasteiger partial charge on any atom is -0.410 e. The minimum absolute atomic E-state index is 0.0954. The first-order chi connectivity index (χ1) is 9.95. The van der Waals surface area contributed by atoms with Crippen LogP contribution in [-0.4, -0.2) is 12.3 Å². The lowest BCUT2D eigenvalue weighted by atomic mass is 9.67. The summed E-state index contributed by atoms with van der Waals surface area (Å²) in [5.74, 6) is 1.98. The molecule has 0 bridgehead atoms. The van der Waals surface area contributed by atoms with Crippen molar-refractivity contribution < 1.29 is 22.7 Å². The lowest BCUT2D eigenvalue weighted by Crippen LogP contribution is -2.65. The summed E-state index contributed by atoms with van der Waals surface area (Å²) in [4.78, 5) is 11.7. The number of alkyl halides is 3. The fourth-order valence-corrected chi connectivity index (χ4v) is 3.00. The van der Waals surface area contributed by atoms with Gasteiger partial charge in [0.15, 0.2) is 5.54 Å². The van der Waals surface area contributed by atoms with Gasteiger partial charge in [0.2, 0.25) is 0 Å². The molecule has 1 aromatic rings. The average molecular weight is 332 g/mol. The molecule has 0 fully saturated rings. The summed E-state index contributed by atoms with van der Waals surface area (Å²) in [5.41, 5.74) is -4.42. The second-order valence-corrected chi connectivity index (χ2v) is 6.33. The number of fused-ring (bicyclic) bond motifs is 1. The van der Waals surface area contributed by atoms with Crippen LogP contribution in [0.5, 0.6) is 5.75 Å². The van der Waals surface area contributed by atoms with E-state index in [2.05, 4.69) is 5.92 Å². The Kier molecular flexibility index (Phi) is 3.61. The molecule has 0 saturated heterocycles. The molecule has 0 aliphatic carbocycles. The molecule has 0 unspecified atom stereocenters. The Morgan fingerprint density at radius 2 is 1.91 bits per heavy atom. The van der Waals surface area contributed by atoms with Crippen molar-refractivity contribution in [3.63, 3.8) is 0 Å². The number of ether oxygens (including phenoxy) is 1. The number of nitrogens with one attached hydrogen (secondary N) is 1. The molecule has 1 aliphatic heterocycles. The van der Waals surface area contributed by atoms with E-state index in [-0.39, 0.29) is 21.9 Å². The number of amides is 1. The van der Waals surface area contributed by atoms with Crippen molar-refractivity contribution in [3.05, 3.63) is 28.3 Å². The van der Waals surface area contributed by atoms with Gasteiger partial charge in [-0.2, -0.15) is 13.2 Å². The summed E-state index contributed by atoms with van der Waals surface area (Å²) < 4.78 is 46.8. The van der Waals surface area contributed by atoms with Gasteiger partial charge in [0.1, 0.15) is 5.75 Å². The molecule has 1 aliphatic rings. The third-order valence-electron chi connectivity index (χ3n) is 3.68. The number of halogens is 4. The van der Waals surface area contributed by atoms with Crippen LogP contribution >= 0.6 is 11.6 Å². The molecule has 1 atom stereocenters. The maximum atomic E-state index is 14.0. The second kappa shape index (κ2) is 4.82. The van der Waals surface area contributed by atoms with Gasteiger partial charge in [-0.15, -0.1) is 6.42 Å². The monoisotopic (exact) mass is 331 g/mol. The Bertz CT molecular complexity index is 670. The molecule has 1 aromatic carbocycles. The van der Waals surface area contributed by atoms with Crippen LogP contribution in [0.25, 0.3) is 0 Å². The highest BCUT2D eigenvalue weighted by atomic mass is 35.5. The number of hydrogen-bond acceptors (Lipinski definition) is 2. The van der Waals surface area contributed by atoms with Gasteiger partial charge in [-0.1, -0.05) is 38.3 Å². The van der Waals surface area contributed by atoms with E-state index in [0.29, 0.717) is 0 Å². The molecule has 22 heavy (non-hydrogen) atoms. The molecule has 3 nitrogen and oxygen atoms in total. The van der Waals surface area contributed by atoms with E-state index in [0.717, 1.165) is 0 Å². The third kappa shape index (κ3) is 2.12. The van der Waals surface area contributed by atoms with E-state index in [1.807, 2.05) is 5.32 Å². The van der Waals surface area contributed by atoms with Crippen LogP contribution in [0, 0.1) is 17.8 Å². The molecule has 0 spiro atoms. The van der Waals surface area contributed by atoms with E-state index in [1.54, 1.807) is 0 Å². The summed E-state index contributed by atoms with van der Waals surface area (Å²) in [7, 11) is 0. The first-order valence-electron chi connectivity index (χ1n) is 6.32. The van der Waals surface area contributed by atoms with Crippen LogP contribution < -0.4 is 10.1 Å². The number of hydrogen-bond donors (Lipinski definition) is 1. The van der Waals surface area contributed by atoms with E-state index < -0.39 is 23.2 Å². The molecule has 1 amide bonds. The van der Waals surface area contributed by atoms with Gasteiger partial charge in [0.05, 0.1) is 10.6 Å². The lowest BCUT2D eigenvalue weighted by molar-refractivity contribution is -0.230. The fourth-order valence-electron chi connectivity index (χ4n) is 2.65. The zero-order chi connectivity index (χ0) is 16.9. The van der Waals surface area contributed by atoms with Crippen LogP contribution in [0.15, 0.2) is 12.1 Å². The fraction of sp³-hybridized carbons (Fsp3) is 0.400. The van der Waals surface area contributed by atoms with E-state index in [9.17, 15) is 18.0 Å². The minimum atomic E-state index is -4.81. The summed E-state index contributed by atoms with van der Waals surface area (Å²) in [6.07, 6.45) is -0.726. The van der Waals surface area contributed by atoms with E-state index >= 15 is 0 Å². The summed E-state index contributed by atoms with van der Waals surface area (Å²) in [6, 6.07) is 2.56. The summed E-state index contributed by atoms with van der Waals surface area (Å²) in [6.45, 7) is 4.07. The largest absolute Gasteiger partial charge is 0.416 e. The Hall–Kier alpha value is -1.87. The van der Waals surface area contributed by atoms with Crippen molar-refractivity contribution >= 4 is 17.7 Å². The highest BCUT2D eigenvalue weighted by molar-refractivity contribution is 6.33. The van der Waals surface area contributed by atoms with E-state index in [4.69, 9.17) is 22.8 Å². The van der Waals surface area contributed by atoms with Crippen molar-refractivity contribution in [2.75, 3.05) is 0 Å². The normalized spacial score (nSPS) is 21.5. The van der Waals surface area contributed by atoms with Crippen LogP contribution in [0.3, 0.4) is 0 Å². The summed E-state index contributed by atoms with van der Waals surface area (Å²) >= 11 is 6.10. The smallest absolute Gasteiger partial charge is 0.410 e. The van der Waals surface area contributed by atoms with Crippen LogP contribution in [0.1, 0.15) is 31.9 Å². The molecule has 0 radical (unpaired) electrons. The van der Waals surface area contributed by atoms with Gasteiger partial charge in [-0.3, -0.25) is 0 Å². The van der Waals surface area contributed by atoms with Gasteiger partial charge >= 0.3 is 12.3 Å². The Labute approximate surface area is 130 Å². The predicted molar refractivity (Wildman–Crippen MR) is 75.7 cm³/mol. The van der Waals surface area contributed by atoms with Crippen LogP contribution in [0.4, 0.5) is 18.0 Å². The topological polar surface area (TPSA) is 38.3 Å². The molecule has 0 saturated carbocycles. The second-order valence-electron chi connectivity index (χ2n) is 5.96. The van der Waals surface area contributed by atoms with Crippen molar-refractivity contribution in [2.45, 2.75) is 32.5 Å². The van der Waals surface area contributed by atoms with Crippen molar-refractivity contribution in [1.82, 2.24) is 5.32 Å². The van der Waals surface area contributed by atoms with Gasteiger partial charge in [-0.05, 0) is 17.5 Å². The Morgan fingerprint density at radius 3 is 2.36 bits per heavy atom. The molecule has 2 rings (SSSR count). The molecule has 118 valence electrons.